The molecule has 0 aliphatic heterocycles. The SMILES string of the molecule is COc1cc2cc(C(=O)Nc3cc(Cl)c(Cl)cc3N)sc2cc1OC. The maximum Gasteiger partial charge on any atom is 0.265 e. The summed E-state index contributed by atoms with van der Waals surface area (Å²) >= 11 is 13.2. The fourth-order valence-electron chi connectivity index (χ4n) is 2.33. The van der Waals surface area contributed by atoms with E-state index in [0.717, 1.165) is 10.1 Å². The number of halogens is 2. The number of nitrogens with one attached hydrogen (secondary N) is 1. The molecule has 0 spiro atoms. The van der Waals surface area contributed by atoms with Crippen molar-refractivity contribution in [3.05, 3.63) is 45.3 Å². The van der Waals surface area contributed by atoms with Crippen molar-refractivity contribution in [2.75, 3.05) is 25.3 Å². The van der Waals surface area contributed by atoms with Crippen LogP contribution in [0.15, 0.2) is 30.3 Å². The standard InChI is InChI=1S/C17H14Cl2N2O3S/c1-23-13-3-8-4-16(25-15(8)7-14(13)24-2)17(22)21-12-6-10(19)9(18)5-11(12)20/h3-7H,20H2,1-2H3,(H,21,22). The zero-order chi connectivity index (χ0) is 18.1. The number of rotatable bonds is 4. The molecule has 5 nitrogen and oxygen atoms in total. The second-order valence-electron chi connectivity index (χ2n) is 5.16. The van der Waals surface area contributed by atoms with Crippen LogP contribution in [-0.2, 0) is 0 Å². The Kier molecular flexibility index (Phi) is 4.94. The Balaban J connectivity index is 1.93. The Bertz CT molecular complexity index is 931. The number of nitrogen functional groups attached to an aromatic ring is 1. The Morgan fingerprint density at radius 3 is 2.36 bits per heavy atom. The normalized spacial score (nSPS) is 10.7. The first-order valence-electron chi connectivity index (χ1n) is 7.14. The fraction of sp³-hybridized carbons (Fsp3) is 0.118. The highest BCUT2D eigenvalue weighted by Crippen LogP contribution is 2.37. The second kappa shape index (κ2) is 7.00. The van der Waals surface area contributed by atoms with E-state index in [1.807, 2.05) is 12.1 Å². The lowest BCUT2D eigenvalue weighted by molar-refractivity contribution is 0.103. The number of fused-ring (bicyclic) bond motifs is 1. The highest BCUT2D eigenvalue weighted by Gasteiger charge is 2.15. The summed E-state index contributed by atoms with van der Waals surface area (Å²) < 4.78 is 11.5. The summed E-state index contributed by atoms with van der Waals surface area (Å²) in [6, 6.07) is 8.47. The largest absolute Gasteiger partial charge is 0.493 e. The number of amides is 1. The van der Waals surface area contributed by atoms with Crippen molar-refractivity contribution in [2.24, 2.45) is 0 Å². The van der Waals surface area contributed by atoms with Gasteiger partial charge in [0.25, 0.3) is 5.91 Å². The van der Waals surface area contributed by atoms with Gasteiger partial charge in [-0.05, 0) is 29.7 Å². The van der Waals surface area contributed by atoms with Crippen LogP contribution in [0.1, 0.15) is 9.67 Å². The maximum atomic E-state index is 12.5. The molecular weight excluding hydrogens is 383 g/mol. The van der Waals surface area contributed by atoms with E-state index in [9.17, 15) is 4.79 Å². The van der Waals surface area contributed by atoms with Gasteiger partial charge in [-0.1, -0.05) is 23.2 Å². The van der Waals surface area contributed by atoms with Gasteiger partial charge in [0, 0.05) is 10.8 Å². The van der Waals surface area contributed by atoms with Gasteiger partial charge in [-0.15, -0.1) is 11.3 Å². The molecule has 0 fully saturated rings. The minimum Gasteiger partial charge on any atom is -0.493 e. The molecule has 8 heteroatoms. The molecule has 130 valence electrons. The molecule has 0 bridgehead atoms. The number of benzene rings is 2. The number of hydrogen-bond donors (Lipinski definition) is 2. The van der Waals surface area contributed by atoms with E-state index in [0.29, 0.717) is 37.8 Å². The molecule has 1 aromatic heterocycles. The van der Waals surface area contributed by atoms with E-state index in [1.54, 1.807) is 20.3 Å². The van der Waals surface area contributed by atoms with Crippen molar-refractivity contribution in [3.63, 3.8) is 0 Å². The van der Waals surface area contributed by atoms with Crippen LogP contribution in [0.4, 0.5) is 11.4 Å². The lowest BCUT2D eigenvalue weighted by Gasteiger charge is -2.08. The number of carbonyl (C=O) groups is 1. The van der Waals surface area contributed by atoms with Crippen LogP contribution < -0.4 is 20.5 Å². The molecule has 0 atom stereocenters. The van der Waals surface area contributed by atoms with Gasteiger partial charge < -0.3 is 20.5 Å². The van der Waals surface area contributed by atoms with Crippen LogP contribution >= 0.6 is 34.5 Å². The van der Waals surface area contributed by atoms with Gasteiger partial charge in [0.15, 0.2) is 11.5 Å². The molecule has 1 heterocycles. The smallest absolute Gasteiger partial charge is 0.265 e. The molecule has 0 saturated heterocycles. The van der Waals surface area contributed by atoms with Crippen molar-refractivity contribution >= 4 is 61.9 Å². The predicted octanol–water partition coefficient (Wildman–Crippen LogP) is 5.06. The van der Waals surface area contributed by atoms with E-state index in [4.69, 9.17) is 38.4 Å². The van der Waals surface area contributed by atoms with Crippen molar-refractivity contribution in [3.8, 4) is 11.5 Å². The van der Waals surface area contributed by atoms with Gasteiger partial charge >= 0.3 is 0 Å². The molecule has 3 aromatic rings. The Labute approximate surface area is 158 Å². The topological polar surface area (TPSA) is 73.6 Å². The van der Waals surface area contributed by atoms with Gasteiger partial charge in [0.1, 0.15) is 0 Å². The van der Waals surface area contributed by atoms with Crippen LogP contribution in [0.25, 0.3) is 10.1 Å². The van der Waals surface area contributed by atoms with Crippen molar-refractivity contribution in [1.29, 1.82) is 0 Å². The highest BCUT2D eigenvalue weighted by molar-refractivity contribution is 7.21. The number of ether oxygens (including phenoxy) is 2. The summed E-state index contributed by atoms with van der Waals surface area (Å²) in [6.07, 6.45) is 0. The summed E-state index contributed by atoms with van der Waals surface area (Å²) in [7, 11) is 3.13. The summed E-state index contributed by atoms with van der Waals surface area (Å²) in [5, 5.41) is 4.29. The highest BCUT2D eigenvalue weighted by atomic mass is 35.5. The third-order valence-corrected chi connectivity index (χ3v) is 5.41. The van der Waals surface area contributed by atoms with Crippen LogP contribution in [0.5, 0.6) is 11.5 Å². The van der Waals surface area contributed by atoms with E-state index >= 15 is 0 Å². The molecule has 2 aromatic carbocycles. The fourth-order valence-corrected chi connectivity index (χ4v) is 3.64. The average molecular weight is 397 g/mol. The average Bonchev–Trinajstić information content (AvgIpc) is 3.01. The maximum absolute atomic E-state index is 12.5. The third-order valence-electron chi connectivity index (χ3n) is 3.59. The lowest BCUT2D eigenvalue weighted by atomic mass is 10.2. The Morgan fingerprint density at radius 2 is 1.68 bits per heavy atom. The monoisotopic (exact) mass is 396 g/mol. The molecule has 25 heavy (non-hydrogen) atoms. The minimum absolute atomic E-state index is 0.288. The first kappa shape index (κ1) is 17.7. The zero-order valence-corrected chi connectivity index (χ0v) is 15.7. The Morgan fingerprint density at radius 1 is 1.04 bits per heavy atom. The quantitative estimate of drug-likeness (QED) is 0.604. The molecule has 0 saturated carbocycles. The molecule has 0 aliphatic carbocycles. The lowest BCUT2D eigenvalue weighted by Crippen LogP contribution is -2.11. The summed E-state index contributed by atoms with van der Waals surface area (Å²) in [5.41, 5.74) is 6.63. The van der Waals surface area contributed by atoms with Crippen molar-refractivity contribution < 1.29 is 14.3 Å². The van der Waals surface area contributed by atoms with E-state index in [-0.39, 0.29) is 5.91 Å². The summed E-state index contributed by atoms with van der Waals surface area (Å²) in [6.45, 7) is 0. The summed E-state index contributed by atoms with van der Waals surface area (Å²) in [4.78, 5) is 13.1. The minimum atomic E-state index is -0.288. The second-order valence-corrected chi connectivity index (χ2v) is 7.06. The molecule has 0 radical (unpaired) electrons. The van der Waals surface area contributed by atoms with Crippen LogP contribution in [-0.4, -0.2) is 20.1 Å². The number of nitrogens with two attached hydrogens (primary N) is 1. The van der Waals surface area contributed by atoms with Gasteiger partial charge in [-0.25, -0.2) is 0 Å². The molecule has 3 N–H and O–H groups in total. The van der Waals surface area contributed by atoms with E-state index in [1.165, 1.54) is 23.5 Å². The molecule has 0 aliphatic rings. The predicted molar refractivity (Wildman–Crippen MR) is 104 cm³/mol. The molecule has 1 amide bonds. The van der Waals surface area contributed by atoms with Crippen molar-refractivity contribution in [2.45, 2.75) is 0 Å². The third kappa shape index (κ3) is 3.46. The number of thiophene rings is 1. The van der Waals surface area contributed by atoms with E-state index < -0.39 is 0 Å². The van der Waals surface area contributed by atoms with E-state index in [2.05, 4.69) is 5.32 Å². The van der Waals surface area contributed by atoms with Gasteiger partial charge in [0.2, 0.25) is 0 Å². The number of anilines is 2. The number of hydrogen-bond acceptors (Lipinski definition) is 5. The van der Waals surface area contributed by atoms with Crippen LogP contribution in [0, 0.1) is 0 Å². The Hall–Kier alpha value is -2.15. The first-order chi connectivity index (χ1) is 11.9. The molecule has 3 rings (SSSR count). The first-order valence-corrected chi connectivity index (χ1v) is 8.71. The van der Waals surface area contributed by atoms with Gasteiger partial charge in [-0.3, -0.25) is 4.79 Å². The van der Waals surface area contributed by atoms with Crippen molar-refractivity contribution in [1.82, 2.24) is 0 Å². The van der Waals surface area contributed by atoms with Gasteiger partial charge in [0.05, 0.1) is 40.5 Å². The van der Waals surface area contributed by atoms with Crippen LogP contribution in [0.3, 0.4) is 0 Å². The number of carbonyl (C=O) groups excluding carboxylic acids is 1. The zero-order valence-electron chi connectivity index (χ0n) is 13.4. The van der Waals surface area contributed by atoms with Crippen LogP contribution in [0.2, 0.25) is 10.0 Å². The number of methoxy groups -OCH3 is 2. The molecular formula is C17H14Cl2N2O3S. The van der Waals surface area contributed by atoms with Gasteiger partial charge in [-0.2, -0.15) is 0 Å². The summed E-state index contributed by atoms with van der Waals surface area (Å²) in [5.74, 6) is 0.926. The molecule has 0 unspecified atom stereocenters.